The van der Waals surface area contributed by atoms with Crippen molar-refractivity contribution in [3.63, 3.8) is 0 Å². The van der Waals surface area contributed by atoms with Gasteiger partial charge < -0.3 is 10.2 Å². The quantitative estimate of drug-likeness (QED) is 0.592. The Labute approximate surface area is 147 Å². The number of carbonyl (C=O) groups is 3. The summed E-state index contributed by atoms with van der Waals surface area (Å²) in [6.07, 6.45) is 4.53. The number of amides is 1. The number of hydrogen-bond donors (Lipinski definition) is 2. The number of allylic oxidation sites excluding steroid dienone is 2. The van der Waals surface area contributed by atoms with Gasteiger partial charge in [0.1, 0.15) is 4.32 Å². The van der Waals surface area contributed by atoms with Crippen LogP contribution in [0, 0.1) is 0 Å². The summed E-state index contributed by atoms with van der Waals surface area (Å²) in [6, 6.07) is 6.51. The Morgan fingerprint density at radius 2 is 1.96 bits per heavy atom. The van der Waals surface area contributed by atoms with Gasteiger partial charge in [0.2, 0.25) is 0 Å². The molecule has 1 saturated heterocycles. The topological polar surface area (TPSA) is 94.9 Å². The van der Waals surface area contributed by atoms with Gasteiger partial charge in [-0.25, -0.2) is 4.79 Å². The fraction of sp³-hybridized carbons (Fsp3) is 0.125. The first-order valence-electron chi connectivity index (χ1n) is 6.86. The lowest BCUT2D eigenvalue weighted by Gasteiger charge is -2.12. The Morgan fingerprint density at radius 1 is 1.25 bits per heavy atom. The van der Waals surface area contributed by atoms with Crippen molar-refractivity contribution in [2.24, 2.45) is 0 Å². The lowest BCUT2D eigenvalue weighted by atomic mass is 10.1. The average molecular weight is 363 g/mol. The molecule has 0 atom stereocenters. The number of benzene rings is 1. The minimum atomic E-state index is -1.03. The molecular formula is C16H13NO5S2. The zero-order valence-electron chi connectivity index (χ0n) is 12.3. The lowest BCUT2D eigenvalue weighted by molar-refractivity contribution is -0.137. The maximum atomic E-state index is 12.2. The third kappa shape index (κ3) is 4.30. The fourth-order valence-electron chi connectivity index (χ4n) is 1.99. The van der Waals surface area contributed by atoms with Gasteiger partial charge in [0.15, 0.2) is 0 Å². The van der Waals surface area contributed by atoms with Crippen molar-refractivity contribution in [3.8, 4) is 0 Å². The molecule has 124 valence electrons. The molecule has 1 aliphatic rings. The van der Waals surface area contributed by atoms with Crippen molar-refractivity contribution in [2.45, 2.75) is 6.42 Å². The molecule has 2 rings (SSSR count). The van der Waals surface area contributed by atoms with E-state index in [4.69, 9.17) is 22.4 Å². The van der Waals surface area contributed by atoms with Crippen molar-refractivity contribution in [1.29, 1.82) is 0 Å². The molecule has 1 aromatic rings. The second kappa shape index (κ2) is 7.89. The van der Waals surface area contributed by atoms with E-state index in [1.54, 1.807) is 36.4 Å². The molecule has 0 saturated carbocycles. The Hall–Kier alpha value is -2.45. The molecule has 1 amide bonds. The number of nitrogens with zero attached hydrogens (tertiary/aromatic N) is 1. The predicted molar refractivity (Wildman–Crippen MR) is 94.7 cm³/mol. The minimum Gasteiger partial charge on any atom is -0.481 e. The van der Waals surface area contributed by atoms with Crippen LogP contribution < -0.4 is 0 Å². The first kappa shape index (κ1) is 17.9. The van der Waals surface area contributed by atoms with Crippen LogP contribution in [0.3, 0.4) is 0 Å². The number of carboxylic acids is 2. The maximum absolute atomic E-state index is 12.2. The Bertz CT molecular complexity index is 769. The van der Waals surface area contributed by atoms with E-state index in [1.165, 1.54) is 11.0 Å². The first-order chi connectivity index (χ1) is 11.4. The van der Waals surface area contributed by atoms with Crippen LogP contribution in [-0.2, 0) is 9.59 Å². The van der Waals surface area contributed by atoms with Gasteiger partial charge in [0.05, 0.1) is 16.9 Å². The first-order valence-corrected chi connectivity index (χ1v) is 8.09. The van der Waals surface area contributed by atoms with E-state index in [0.29, 0.717) is 14.8 Å². The highest BCUT2D eigenvalue weighted by Gasteiger charge is 2.31. The van der Waals surface area contributed by atoms with Crippen molar-refractivity contribution >= 4 is 52.2 Å². The number of rotatable bonds is 6. The van der Waals surface area contributed by atoms with E-state index >= 15 is 0 Å². The molecule has 2 N–H and O–H groups in total. The van der Waals surface area contributed by atoms with Crippen LogP contribution >= 0.6 is 24.0 Å². The Morgan fingerprint density at radius 3 is 2.62 bits per heavy atom. The van der Waals surface area contributed by atoms with E-state index in [9.17, 15) is 14.4 Å². The van der Waals surface area contributed by atoms with Crippen LogP contribution in [0.15, 0.2) is 41.3 Å². The van der Waals surface area contributed by atoms with Crippen LogP contribution in [0.2, 0.25) is 0 Å². The molecule has 1 fully saturated rings. The molecule has 24 heavy (non-hydrogen) atoms. The number of carbonyl (C=O) groups excluding carboxylic acids is 1. The molecule has 0 radical (unpaired) electrons. The molecule has 0 unspecified atom stereocenters. The van der Waals surface area contributed by atoms with E-state index in [0.717, 1.165) is 11.8 Å². The summed E-state index contributed by atoms with van der Waals surface area (Å²) in [5, 5.41) is 17.8. The third-order valence-corrected chi connectivity index (χ3v) is 4.53. The van der Waals surface area contributed by atoms with Gasteiger partial charge in [-0.05, 0) is 17.7 Å². The van der Waals surface area contributed by atoms with Gasteiger partial charge >= 0.3 is 11.9 Å². The summed E-state index contributed by atoms with van der Waals surface area (Å²) in [5.74, 6) is -2.38. The molecule has 1 aromatic carbocycles. The summed E-state index contributed by atoms with van der Waals surface area (Å²) < 4.78 is 0.312. The van der Waals surface area contributed by atoms with E-state index in [2.05, 4.69) is 0 Å². The van der Waals surface area contributed by atoms with Gasteiger partial charge in [-0.2, -0.15) is 0 Å². The highest BCUT2D eigenvalue weighted by atomic mass is 32.2. The highest BCUT2D eigenvalue weighted by molar-refractivity contribution is 8.26. The van der Waals surface area contributed by atoms with Crippen LogP contribution in [-0.4, -0.2) is 43.8 Å². The van der Waals surface area contributed by atoms with Crippen molar-refractivity contribution < 1.29 is 24.6 Å². The summed E-state index contributed by atoms with van der Waals surface area (Å²) in [4.78, 5) is 35.5. The zero-order valence-corrected chi connectivity index (χ0v) is 14.0. The minimum absolute atomic E-state index is 0.0307. The zero-order chi connectivity index (χ0) is 17.7. The molecule has 1 heterocycles. The van der Waals surface area contributed by atoms with E-state index < -0.39 is 11.9 Å². The van der Waals surface area contributed by atoms with Crippen LogP contribution in [0.5, 0.6) is 0 Å². The normalized spacial score (nSPS) is 16.3. The number of hydrogen-bond acceptors (Lipinski definition) is 5. The molecule has 0 aromatic heterocycles. The number of aliphatic carboxylic acids is 1. The van der Waals surface area contributed by atoms with Gasteiger partial charge in [-0.1, -0.05) is 54.3 Å². The molecule has 8 heteroatoms. The summed E-state index contributed by atoms with van der Waals surface area (Å²) in [6.45, 7) is 0.0307. The number of aromatic carboxylic acids is 1. The second-order valence-corrected chi connectivity index (χ2v) is 6.43. The van der Waals surface area contributed by atoms with Gasteiger partial charge in [-0.3, -0.25) is 14.5 Å². The molecule has 0 bridgehead atoms. The summed E-state index contributed by atoms with van der Waals surface area (Å²) >= 11 is 6.17. The Kier molecular flexibility index (Phi) is 5.88. The average Bonchev–Trinajstić information content (AvgIpc) is 2.79. The number of thioether (sulfide) groups is 1. The van der Waals surface area contributed by atoms with Crippen molar-refractivity contribution in [3.05, 3.63) is 52.4 Å². The fourth-order valence-corrected chi connectivity index (χ4v) is 3.25. The van der Waals surface area contributed by atoms with Crippen LogP contribution in [0.25, 0.3) is 6.08 Å². The smallest absolute Gasteiger partial charge is 0.336 e. The maximum Gasteiger partial charge on any atom is 0.336 e. The summed E-state index contributed by atoms with van der Waals surface area (Å²) in [5.41, 5.74) is 0.679. The Balaban J connectivity index is 2.13. The summed E-state index contributed by atoms with van der Waals surface area (Å²) in [7, 11) is 0. The van der Waals surface area contributed by atoms with Crippen LogP contribution in [0.1, 0.15) is 22.3 Å². The highest BCUT2D eigenvalue weighted by Crippen LogP contribution is 2.31. The lowest BCUT2D eigenvalue weighted by Crippen LogP contribution is -2.30. The van der Waals surface area contributed by atoms with Crippen molar-refractivity contribution in [1.82, 2.24) is 4.90 Å². The van der Waals surface area contributed by atoms with Gasteiger partial charge in [0, 0.05) is 6.54 Å². The molecule has 1 aliphatic heterocycles. The SMILES string of the molecule is O=C(O)CCN1C(=O)/C(=C/C=C/c2ccccc2C(=O)O)SC1=S. The molecule has 0 spiro atoms. The monoisotopic (exact) mass is 363 g/mol. The molecule has 6 nitrogen and oxygen atoms in total. The predicted octanol–water partition coefficient (Wildman–Crippen LogP) is 2.62. The number of carboxylic acid groups (broad SMARTS) is 2. The standard InChI is InChI=1S/C16H13NO5S2/c18-13(19)8-9-17-14(20)12(24-16(17)23)7-3-5-10-4-1-2-6-11(10)15(21)22/h1-7H,8-9H2,(H,18,19)(H,21,22)/b5-3+,12-7-. The van der Waals surface area contributed by atoms with Crippen molar-refractivity contribution in [2.75, 3.05) is 6.54 Å². The van der Waals surface area contributed by atoms with Gasteiger partial charge in [-0.15, -0.1) is 0 Å². The van der Waals surface area contributed by atoms with E-state index in [-0.39, 0.29) is 24.4 Å². The third-order valence-electron chi connectivity index (χ3n) is 3.14. The largest absolute Gasteiger partial charge is 0.481 e. The van der Waals surface area contributed by atoms with Gasteiger partial charge in [0.25, 0.3) is 5.91 Å². The van der Waals surface area contributed by atoms with Crippen LogP contribution in [0.4, 0.5) is 0 Å². The second-order valence-electron chi connectivity index (χ2n) is 4.75. The molecular weight excluding hydrogens is 350 g/mol. The number of thiocarbonyl (C=S) groups is 1. The van der Waals surface area contributed by atoms with E-state index in [1.807, 2.05) is 0 Å². The molecule has 0 aliphatic carbocycles.